The fraction of sp³-hybridized carbons (Fsp3) is 0.444. The first-order chi connectivity index (χ1) is 16.4. The Morgan fingerprint density at radius 1 is 1.03 bits per heavy atom. The van der Waals surface area contributed by atoms with E-state index in [1.807, 2.05) is 36.1 Å². The molecule has 2 N–H and O–H groups in total. The molecule has 0 spiro atoms. The summed E-state index contributed by atoms with van der Waals surface area (Å²) in [5, 5.41) is 12.0. The number of carbonyl (C=O) groups is 3. The molecule has 7 nitrogen and oxygen atoms in total. The van der Waals surface area contributed by atoms with Crippen molar-refractivity contribution < 1.29 is 24.2 Å². The molecule has 0 aromatic heterocycles. The molecule has 1 aliphatic heterocycles. The van der Waals surface area contributed by atoms with Crippen LogP contribution in [0.3, 0.4) is 0 Å². The van der Waals surface area contributed by atoms with Gasteiger partial charge in [-0.05, 0) is 54.4 Å². The Bertz CT molecular complexity index is 1070. The van der Waals surface area contributed by atoms with Gasteiger partial charge >= 0.3 is 12.1 Å². The zero-order valence-electron chi connectivity index (χ0n) is 19.3. The van der Waals surface area contributed by atoms with E-state index >= 15 is 0 Å². The molecule has 2 amide bonds. The van der Waals surface area contributed by atoms with E-state index in [0.717, 1.165) is 6.42 Å². The predicted octanol–water partition coefficient (Wildman–Crippen LogP) is 3.87. The highest BCUT2D eigenvalue weighted by molar-refractivity contribution is 5.83. The third kappa shape index (κ3) is 4.27. The highest BCUT2D eigenvalue weighted by atomic mass is 16.5. The van der Waals surface area contributed by atoms with Gasteiger partial charge < -0.3 is 20.1 Å². The van der Waals surface area contributed by atoms with E-state index < -0.39 is 12.1 Å². The molecule has 0 radical (unpaired) electrons. The SMILES string of the molecule is CC1CC(C(=O)O)CCN1C(=O)[C@H]1C[C@H]1CNC(=O)OCC1c2ccccc2-c2ccccc21. The standard InChI is InChI=1S/C27H30N2O5/c1-16-12-17(26(31)32)10-11-29(16)25(30)23-13-18(23)14-28-27(33)34-15-24-21-8-4-2-6-19(21)20-7-3-5-9-22(20)24/h2-9,16-18,23-24H,10-15H2,1H3,(H,28,33)(H,31,32)/t16?,17?,18-,23-/m0/s1. The highest BCUT2D eigenvalue weighted by Crippen LogP contribution is 2.44. The van der Waals surface area contributed by atoms with E-state index in [1.165, 1.54) is 22.3 Å². The minimum absolute atomic E-state index is 0.0172. The summed E-state index contributed by atoms with van der Waals surface area (Å²) < 4.78 is 5.58. The molecule has 1 heterocycles. The molecule has 4 atom stereocenters. The molecule has 2 aromatic rings. The minimum atomic E-state index is -0.782. The fourth-order valence-corrected chi connectivity index (χ4v) is 5.58. The number of alkyl carbamates (subject to hydrolysis) is 1. The average Bonchev–Trinajstić information content (AvgIpc) is 3.56. The number of hydrogen-bond acceptors (Lipinski definition) is 4. The van der Waals surface area contributed by atoms with Gasteiger partial charge in [0.25, 0.3) is 0 Å². The van der Waals surface area contributed by atoms with Crippen molar-refractivity contribution in [1.82, 2.24) is 10.2 Å². The highest BCUT2D eigenvalue weighted by Gasteiger charge is 2.46. The van der Waals surface area contributed by atoms with Crippen molar-refractivity contribution in [2.24, 2.45) is 17.8 Å². The third-order valence-corrected chi connectivity index (χ3v) is 7.60. The largest absolute Gasteiger partial charge is 0.481 e. The smallest absolute Gasteiger partial charge is 0.407 e. The summed E-state index contributed by atoms with van der Waals surface area (Å²) in [4.78, 5) is 38.3. The Labute approximate surface area is 199 Å². The molecule has 2 aromatic carbocycles. The van der Waals surface area contributed by atoms with Crippen LogP contribution < -0.4 is 5.32 Å². The van der Waals surface area contributed by atoms with E-state index in [4.69, 9.17) is 4.74 Å². The first-order valence-corrected chi connectivity index (χ1v) is 12.1. The number of benzene rings is 2. The normalized spacial score (nSPS) is 25.3. The molecule has 178 valence electrons. The van der Waals surface area contributed by atoms with E-state index in [1.54, 1.807) is 0 Å². The second kappa shape index (κ2) is 9.12. The second-order valence-corrected chi connectivity index (χ2v) is 9.75. The summed E-state index contributed by atoms with van der Waals surface area (Å²) in [6.45, 7) is 3.08. The number of nitrogens with one attached hydrogen (secondary N) is 1. The first kappa shape index (κ1) is 22.4. The molecule has 1 saturated carbocycles. The lowest BCUT2D eigenvalue weighted by atomic mass is 9.91. The van der Waals surface area contributed by atoms with Gasteiger partial charge in [0.1, 0.15) is 6.61 Å². The lowest BCUT2D eigenvalue weighted by Crippen LogP contribution is -2.47. The Hall–Kier alpha value is -3.35. The number of hydrogen-bond donors (Lipinski definition) is 2. The van der Waals surface area contributed by atoms with E-state index in [2.05, 4.69) is 29.6 Å². The van der Waals surface area contributed by atoms with Crippen molar-refractivity contribution in [3.05, 3.63) is 59.7 Å². The van der Waals surface area contributed by atoms with Gasteiger partial charge in [-0.3, -0.25) is 9.59 Å². The maximum atomic E-state index is 12.9. The van der Waals surface area contributed by atoms with E-state index in [0.29, 0.717) is 25.9 Å². The van der Waals surface area contributed by atoms with Crippen LogP contribution in [0.4, 0.5) is 4.79 Å². The number of carboxylic acids is 1. The van der Waals surface area contributed by atoms with Crippen molar-refractivity contribution in [3.8, 4) is 11.1 Å². The molecule has 3 aliphatic rings. The summed E-state index contributed by atoms with van der Waals surface area (Å²) >= 11 is 0. The number of piperidine rings is 1. The van der Waals surface area contributed by atoms with Crippen LogP contribution in [0.5, 0.6) is 0 Å². The summed E-state index contributed by atoms with van der Waals surface area (Å²) in [5.41, 5.74) is 4.72. The molecule has 0 bridgehead atoms. The van der Waals surface area contributed by atoms with Crippen LogP contribution in [0.2, 0.25) is 0 Å². The predicted molar refractivity (Wildman–Crippen MR) is 126 cm³/mol. The van der Waals surface area contributed by atoms with Crippen LogP contribution in [0.1, 0.15) is 43.2 Å². The summed E-state index contributed by atoms with van der Waals surface area (Å²) in [7, 11) is 0. The number of carbonyl (C=O) groups excluding carboxylic acids is 2. The number of carboxylic acid groups (broad SMARTS) is 1. The minimum Gasteiger partial charge on any atom is -0.481 e. The molecule has 1 saturated heterocycles. The van der Waals surface area contributed by atoms with Crippen LogP contribution in [0.15, 0.2) is 48.5 Å². The maximum Gasteiger partial charge on any atom is 0.407 e. The average molecular weight is 463 g/mol. The Morgan fingerprint density at radius 2 is 1.68 bits per heavy atom. The van der Waals surface area contributed by atoms with Crippen LogP contribution in [-0.2, 0) is 14.3 Å². The summed E-state index contributed by atoms with van der Waals surface area (Å²) in [6, 6.07) is 16.4. The van der Waals surface area contributed by atoms with E-state index in [9.17, 15) is 19.5 Å². The second-order valence-electron chi connectivity index (χ2n) is 9.75. The van der Waals surface area contributed by atoms with Crippen molar-refractivity contribution >= 4 is 18.0 Å². The number of rotatable bonds is 6. The fourth-order valence-electron chi connectivity index (χ4n) is 5.58. The molecular weight excluding hydrogens is 432 g/mol. The van der Waals surface area contributed by atoms with Crippen molar-refractivity contribution in [3.63, 3.8) is 0 Å². The van der Waals surface area contributed by atoms with Crippen LogP contribution in [0, 0.1) is 17.8 Å². The van der Waals surface area contributed by atoms with Gasteiger partial charge in [0.15, 0.2) is 0 Å². The monoisotopic (exact) mass is 462 g/mol. The molecule has 34 heavy (non-hydrogen) atoms. The number of fused-ring (bicyclic) bond motifs is 3. The maximum absolute atomic E-state index is 12.9. The Balaban J connectivity index is 1.10. The summed E-state index contributed by atoms with van der Waals surface area (Å²) in [6.07, 6.45) is 1.28. The number of aliphatic carboxylic acids is 1. The van der Waals surface area contributed by atoms with E-state index in [-0.39, 0.29) is 42.2 Å². The van der Waals surface area contributed by atoms with Gasteiger partial charge in [0.2, 0.25) is 5.91 Å². The van der Waals surface area contributed by atoms with Gasteiger partial charge in [0.05, 0.1) is 5.92 Å². The number of amides is 2. The van der Waals surface area contributed by atoms with Gasteiger partial charge in [-0.25, -0.2) is 4.79 Å². The molecule has 2 unspecified atom stereocenters. The lowest BCUT2D eigenvalue weighted by molar-refractivity contribution is -0.148. The van der Waals surface area contributed by atoms with Gasteiger partial charge in [-0.15, -0.1) is 0 Å². The number of nitrogens with zero attached hydrogens (tertiary/aromatic N) is 1. The lowest BCUT2D eigenvalue weighted by Gasteiger charge is -2.36. The zero-order valence-corrected chi connectivity index (χ0v) is 19.3. The molecule has 2 fully saturated rings. The van der Waals surface area contributed by atoms with Gasteiger partial charge in [0, 0.05) is 31.0 Å². The summed E-state index contributed by atoms with van der Waals surface area (Å²) in [5.74, 6) is -1.05. The molecule has 2 aliphatic carbocycles. The van der Waals surface area contributed by atoms with Crippen LogP contribution >= 0.6 is 0 Å². The zero-order chi connectivity index (χ0) is 23.8. The number of ether oxygens (including phenoxy) is 1. The topological polar surface area (TPSA) is 95.9 Å². The van der Waals surface area contributed by atoms with Crippen molar-refractivity contribution in [2.75, 3.05) is 19.7 Å². The number of likely N-dealkylation sites (tertiary alicyclic amines) is 1. The van der Waals surface area contributed by atoms with Crippen LogP contribution in [-0.4, -0.2) is 53.7 Å². The van der Waals surface area contributed by atoms with Crippen molar-refractivity contribution in [2.45, 2.75) is 38.1 Å². The Kier molecular flexibility index (Phi) is 6.02. The van der Waals surface area contributed by atoms with Crippen molar-refractivity contribution in [1.29, 1.82) is 0 Å². The van der Waals surface area contributed by atoms with Gasteiger partial charge in [-0.1, -0.05) is 48.5 Å². The first-order valence-electron chi connectivity index (χ1n) is 12.1. The Morgan fingerprint density at radius 3 is 2.29 bits per heavy atom. The quantitative estimate of drug-likeness (QED) is 0.679. The van der Waals surface area contributed by atoms with Gasteiger partial charge in [-0.2, -0.15) is 0 Å². The molecule has 5 rings (SSSR count). The molecular formula is C27H30N2O5. The third-order valence-electron chi connectivity index (χ3n) is 7.60. The van der Waals surface area contributed by atoms with Crippen LogP contribution in [0.25, 0.3) is 11.1 Å². The molecule has 7 heteroatoms.